The van der Waals surface area contributed by atoms with Gasteiger partial charge in [-0.1, -0.05) is 12.1 Å². The van der Waals surface area contributed by atoms with Gasteiger partial charge in [-0.2, -0.15) is 0 Å². The third-order valence-electron chi connectivity index (χ3n) is 2.75. The Morgan fingerprint density at radius 1 is 1.59 bits per heavy atom. The molecule has 1 heterocycles. The maximum Gasteiger partial charge on any atom is 0.140 e. The highest BCUT2D eigenvalue weighted by Gasteiger charge is 2.14. The normalized spacial score (nSPS) is 15.8. The van der Waals surface area contributed by atoms with E-state index in [1.54, 1.807) is 11.3 Å². The van der Waals surface area contributed by atoms with Gasteiger partial charge < -0.3 is 16.3 Å². The Morgan fingerprint density at radius 3 is 2.76 bits per heavy atom. The van der Waals surface area contributed by atoms with Crippen LogP contribution in [0.4, 0.5) is 0 Å². The predicted molar refractivity (Wildman–Crippen MR) is 72.7 cm³/mol. The van der Waals surface area contributed by atoms with Gasteiger partial charge in [-0.15, -0.1) is 11.3 Å². The third kappa shape index (κ3) is 4.36. The van der Waals surface area contributed by atoms with Crippen molar-refractivity contribution in [1.82, 2.24) is 5.32 Å². The second-order valence-electron chi connectivity index (χ2n) is 4.24. The molecule has 2 atom stereocenters. The maximum absolute atomic E-state index is 8.57. The van der Waals surface area contributed by atoms with Crippen molar-refractivity contribution in [2.24, 2.45) is 10.9 Å². The highest BCUT2D eigenvalue weighted by atomic mass is 32.1. The molecule has 2 unspecified atom stereocenters. The van der Waals surface area contributed by atoms with E-state index in [-0.39, 0.29) is 11.9 Å². The molecular weight excluding hydrogens is 234 g/mol. The molecular formula is C12H21N3OS. The summed E-state index contributed by atoms with van der Waals surface area (Å²) in [5.74, 6) is 0.277. The molecule has 0 aromatic carbocycles. The largest absolute Gasteiger partial charge is 0.409 e. The number of thiophene rings is 1. The van der Waals surface area contributed by atoms with Crippen molar-refractivity contribution in [3.63, 3.8) is 0 Å². The number of nitrogens with two attached hydrogens (primary N) is 1. The summed E-state index contributed by atoms with van der Waals surface area (Å²) in [6.07, 6.45) is 1.52. The Kier molecular flexibility index (Phi) is 5.44. The zero-order valence-electron chi connectivity index (χ0n) is 10.6. The zero-order chi connectivity index (χ0) is 12.8. The van der Waals surface area contributed by atoms with E-state index in [4.69, 9.17) is 10.9 Å². The van der Waals surface area contributed by atoms with Crippen molar-refractivity contribution >= 4 is 17.2 Å². The second-order valence-corrected chi connectivity index (χ2v) is 5.56. The minimum Gasteiger partial charge on any atom is -0.409 e. The molecule has 0 saturated carbocycles. The topological polar surface area (TPSA) is 70.6 Å². The molecule has 4 N–H and O–H groups in total. The summed E-state index contributed by atoms with van der Waals surface area (Å²) >= 11 is 1.80. The van der Waals surface area contributed by atoms with E-state index in [1.807, 2.05) is 0 Å². The number of aryl methyl sites for hydroxylation is 1. The Hall–Kier alpha value is -1.07. The van der Waals surface area contributed by atoms with Crippen LogP contribution >= 0.6 is 11.3 Å². The van der Waals surface area contributed by atoms with Crippen LogP contribution in [0.3, 0.4) is 0 Å². The minimum absolute atomic E-state index is 0.239. The summed E-state index contributed by atoms with van der Waals surface area (Å²) in [4.78, 5) is 2.64. The van der Waals surface area contributed by atoms with Crippen molar-refractivity contribution in [3.05, 3.63) is 21.9 Å². The number of nitrogens with zero attached hydrogens (tertiary/aromatic N) is 1. The first-order valence-electron chi connectivity index (χ1n) is 5.85. The van der Waals surface area contributed by atoms with E-state index in [9.17, 15) is 0 Å². The van der Waals surface area contributed by atoms with Crippen LogP contribution in [0, 0.1) is 6.92 Å². The molecule has 4 nitrogen and oxygen atoms in total. The standard InChI is InChI=1S/C12H21N3OS/c1-4-10(7-12(13)15-16)14-9(3)11-6-5-8(2)17-11/h5-6,9-10,14,16H,4,7H2,1-3H3,(H2,13,15). The van der Waals surface area contributed by atoms with Crippen molar-refractivity contribution in [2.75, 3.05) is 0 Å². The Labute approximate surface area is 107 Å². The fourth-order valence-electron chi connectivity index (χ4n) is 1.74. The zero-order valence-corrected chi connectivity index (χ0v) is 11.4. The number of rotatable bonds is 6. The first-order valence-corrected chi connectivity index (χ1v) is 6.67. The molecule has 0 saturated heterocycles. The van der Waals surface area contributed by atoms with E-state index in [1.165, 1.54) is 9.75 Å². The van der Waals surface area contributed by atoms with E-state index < -0.39 is 0 Å². The van der Waals surface area contributed by atoms with Gasteiger partial charge in [-0.25, -0.2) is 0 Å². The lowest BCUT2D eigenvalue weighted by molar-refractivity contribution is 0.315. The van der Waals surface area contributed by atoms with Gasteiger partial charge in [0.2, 0.25) is 0 Å². The van der Waals surface area contributed by atoms with Gasteiger partial charge in [0.05, 0.1) is 0 Å². The lowest BCUT2D eigenvalue weighted by atomic mass is 10.1. The second kappa shape index (κ2) is 6.61. The van der Waals surface area contributed by atoms with Crippen molar-refractivity contribution in [1.29, 1.82) is 0 Å². The Balaban J connectivity index is 2.56. The summed E-state index contributed by atoms with van der Waals surface area (Å²) < 4.78 is 0. The monoisotopic (exact) mass is 255 g/mol. The average Bonchev–Trinajstić information content (AvgIpc) is 2.74. The molecule has 0 fully saturated rings. The summed E-state index contributed by atoms with van der Waals surface area (Å²) in [7, 11) is 0. The Morgan fingerprint density at radius 2 is 2.29 bits per heavy atom. The number of hydrogen-bond acceptors (Lipinski definition) is 4. The molecule has 0 spiro atoms. The Bertz CT molecular complexity index is 376. The fourth-order valence-corrected chi connectivity index (χ4v) is 2.62. The number of amidine groups is 1. The van der Waals surface area contributed by atoms with E-state index in [0.717, 1.165) is 6.42 Å². The minimum atomic E-state index is 0.239. The molecule has 0 amide bonds. The summed E-state index contributed by atoms with van der Waals surface area (Å²) in [6, 6.07) is 4.81. The van der Waals surface area contributed by atoms with E-state index >= 15 is 0 Å². The van der Waals surface area contributed by atoms with E-state index in [0.29, 0.717) is 12.5 Å². The molecule has 5 heteroatoms. The first kappa shape index (κ1) is 14.0. The van der Waals surface area contributed by atoms with Gasteiger partial charge >= 0.3 is 0 Å². The highest BCUT2D eigenvalue weighted by molar-refractivity contribution is 7.12. The SMILES string of the molecule is CCC(CC(N)=NO)NC(C)c1ccc(C)s1. The molecule has 0 aliphatic heterocycles. The van der Waals surface area contributed by atoms with Gasteiger partial charge in [0.25, 0.3) is 0 Å². The van der Waals surface area contributed by atoms with Gasteiger partial charge in [0, 0.05) is 28.3 Å². The van der Waals surface area contributed by atoms with Crippen LogP contribution in [0.25, 0.3) is 0 Å². The van der Waals surface area contributed by atoms with Crippen molar-refractivity contribution in [3.8, 4) is 0 Å². The molecule has 1 aromatic heterocycles. The molecule has 0 bridgehead atoms. The third-order valence-corrected chi connectivity index (χ3v) is 3.93. The quantitative estimate of drug-likeness (QED) is 0.317. The van der Waals surface area contributed by atoms with Crippen LogP contribution in [0.5, 0.6) is 0 Å². The lowest BCUT2D eigenvalue weighted by Gasteiger charge is -2.21. The van der Waals surface area contributed by atoms with Crippen LogP contribution in [0.2, 0.25) is 0 Å². The van der Waals surface area contributed by atoms with Crippen molar-refractivity contribution in [2.45, 2.75) is 45.7 Å². The van der Waals surface area contributed by atoms with Gasteiger partial charge in [-0.3, -0.25) is 0 Å². The molecule has 0 radical (unpaired) electrons. The number of hydrogen-bond donors (Lipinski definition) is 3. The summed E-state index contributed by atoms with van der Waals surface area (Å²) in [5.41, 5.74) is 5.53. The van der Waals surface area contributed by atoms with Crippen LogP contribution < -0.4 is 11.1 Å². The number of nitrogens with one attached hydrogen (secondary N) is 1. The van der Waals surface area contributed by atoms with Crippen LogP contribution in [0.15, 0.2) is 17.3 Å². The molecule has 17 heavy (non-hydrogen) atoms. The van der Waals surface area contributed by atoms with Gasteiger partial charge in [0.15, 0.2) is 0 Å². The van der Waals surface area contributed by atoms with Crippen LogP contribution in [0.1, 0.15) is 42.5 Å². The van der Waals surface area contributed by atoms with Crippen molar-refractivity contribution < 1.29 is 5.21 Å². The lowest BCUT2D eigenvalue weighted by Crippen LogP contribution is -2.34. The average molecular weight is 255 g/mol. The molecule has 1 rings (SSSR count). The highest BCUT2D eigenvalue weighted by Crippen LogP contribution is 2.23. The molecule has 0 aliphatic rings. The van der Waals surface area contributed by atoms with Gasteiger partial charge in [0.1, 0.15) is 5.84 Å². The van der Waals surface area contributed by atoms with E-state index in [2.05, 4.69) is 43.4 Å². The smallest absolute Gasteiger partial charge is 0.140 e. The molecule has 0 aliphatic carbocycles. The predicted octanol–water partition coefficient (Wildman–Crippen LogP) is 2.62. The maximum atomic E-state index is 8.57. The molecule has 1 aromatic rings. The summed E-state index contributed by atoms with van der Waals surface area (Å²) in [5, 5.41) is 15.1. The number of oxime groups is 1. The van der Waals surface area contributed by atoms with Crippen LogP contribution in [-0.2, 0) is 0 Å². The first-order chi connectivity index (χ1) is 8.06. The molecule has 96 valence electrons. The van der Waals surface area contributed by atoms with Gasteiger partial charge in [-0.05, 0) is 32.4 Å². The van der Waals surface area contributed by atoms with Crippen LogP contribution in [-0.4, -0.2) is 17.1 Å². The summed E-state index contributed by atoms with van der Waals surface area (Å²) in [6.45, 7) is 6.34. The fraction of sp³-hybridized carbons (Fsp3) is 0.583.